The first-order chi connectivity index (χ1) is 11.5. The van der Waals surface area contributed by atoms with Crippen molar-refractivity contribution in [1.82, 2.24) is 4.98 Å². The molecule has 1 aliphatic carbocycles. The lowest BCUT2D eigenvalue weighted by molar-refractivity contribution is 0.0691. The van der Waals surface area contributed by atoms with Crippen molar-refractivity contribution in [2.75, 3.05) is 11.9 Å². The average molecular weight is 349 g/mol. The molecule has 3 N–H and O–H groups in total. The van der Waals surface area contributed by atoms with Crippen LogP contribution in [-0.2, 0) is 0 Å². The zero-order chi connectivity index (χ0) is 17.1. The highest BCUT2D eigenvalue weighted by molar-refractivity contribution is 6.31. The van der Waals surface area contributed by atoms with Crippen molar-refractivity contribution in [1.29, 1.82) is 0 Å². The zero-order valence-electron chi connectivity index (χ0n) is 12.8. The molecule has 0 radical (unpaired) electrons. The molecule has 0 unspecified atom stereocenters. The summed E-state index contributed by atoms with van der Waals surface area (Å²) < 4.78 is 5.80. The van der Waals surface area contributed by atoms with Crippen LogP contribution in [0.3, 0.4) is 0 Å². The maximum Gasteiger partial charge on any atom is 0.352 e. The smallest absolute Gasteiger partial charge is 0.352 e. The van der Waals surface area contributed by atoms with Gasteiger partial charge in [-0.05, 0) is 43.0 Å². The fraction of sp³-hybridized carbons (Fsp3) is 0.294. The number of benzene rings is 1. The predicted octanol–water partition coefficient (Wildman–Crippen LogP) is 3.80. The topological polar surface area (TPSA) is 91.4 Å². The van der Waals surface area contributed by atoms with Gasteiger partial charge in [-0.1, -0.05) is 18.0 Å². The number of hydrogen-bond donors (Lipinski definition) is 3. The van der Waals surface area contributed by atoms with Gasteiger partial charge in [0.2, 0.25) is 0 Å². The van der Waals surface area contributed by atoms with Gasteiger partial charge in [-0.2, -0.15) is 0 Å². The third-order valence-corrected chi connectivity index (χ3v) is 4.30. The summed E-state index contributed by atoms with van der Waals surface area (Å²) in [6.07, 6.45) is 4.91. The highest BCUT2D eigenvalue weighted by Crippen LogP contribution is 2.32. The summed E-state index contributed by atoms with van der Waals surface area (Å²) in [5.41, 5.74) is 0.634. The number of amides is 1. The van der Waals surface area contributed by atoms with Gasteiger partial charge in [0.05, 0.1) is 17.9 Å². The number of H-pyrrole nitrogens is 1. The number of carbonyl (C=O) groups is 2. The lowest BCUT2D eigenvalue weighted by Gasteiger charge is -2.25. The van der Waals surface area contributed by atoms with E-state index in [0.29, 0.717) is 29.0 Å². The van der Waals surface area contributed by atoms with Gasteiger partial charge in [0, 0.05) is 11.2 Å². The van der Waals surface area contributed by atoms with Crippen LogP contribution in [0.1, 0.15) is 40.1 Å². The van der Waals surface area contributed by atoms with E-state index in [1.807, 2.05) is 0 Å². The molecular weight excluding hydrogens is 332 g/mol. The third-order valence-electron chi connectivity index (χ3n) is 4.06. The van der Waals surface area contributed by atoms with E-state index in [1.54, 1.807) is 18.2 Å². The minimum Gasteiger partial charge on any atom is -0.491 e. The number of aromatic amines is 1. The Balaban J connectivity index is 1.73. The third kappa shape index (κ3) is 3.71. The van der Waals surface area contributed by atoms with Crippen LogP contribution in [0.25, 0.3) is 0 Å². The molecule has 1 aromatic heterocycles. The second-order valence-electron chi connectivity index (χ2n) is 5.81. The quantitative estimate of drug-likeness (QED) is 0.740. The molecule has 0 atom stereocenters. The van der Waals surface area contributed by atoms with Crippen molar-refractivity contribution >= 4 is 29.2 Å². The van der Waals surface area contributed by atoms with E-state index >= 15 is 0 Å². The molecule has 1 heterocycles. The fourth-order valence-electron chi connectivity index (χ4n) is 2.44. The molecule has 2 aromatic rings. The molecule has 3 rings (SSSR count). The van der Waals surface area contributed by atoms with E-state index in [2.05, 4.69) is 10.3 Å². The molecule has 1 saturated carbocycles. The first-order valence-corrected chi connectivity index (χ1v) is 8.06. The number of carbonyl (C=O) groups excluding carboxylic acids is 1. The van der Waals surface area contributed by atoms with Crippen molar-refractivity contribution in [3.05, 3.63) is 46.7 Å². The molecule has 0 saturated heterocycles. The van der Waals surface area contributed by atoms with Gasteiger partial charge >= 0.3 is 5.97 Å². The molecule has 7 heteroatoms. The molecule has 0 spiro atoms. The van der Waals surface area contributed by atoms with Crippen LogP contribution < -0.4 is 10.1 Å². The number of aromatic nitrogens is 1. The van der Waals surface area contributed by atoms with Crippen molar-refractivity contribution in [2.24, 2.45) is 5.92 Å². The average Bonchev–Trinajstić information content (AvgIpc) is 2.98. The van der Waals surface area contributed by atoms with Gasteiger partial charge in [0.15, 0.2) is 0 Å². The Morgan fingerprint density at radius 2 is 2.12 bits per heavy atom. The molecule has 1 aromatic carbocycles. The number of anilines is 1. The molecule has 1 amide bonds. The Hall–Kier alpha value is -2.47. The van der Waals surface area contributed by atoms with Gasteiger partial charge in [-0.15, -0.1) is 0 Å². The number of ether oxygens (including phenoxy) is 1. The van der Waals surface area contributed by atoms with Crippen LogP contribution in [0, 0.1) is 5.92 Å². The number of rotatable bonds is 6. The molecule has 0 aliphatic heterocycles. The minimum atomic E-state index is -1.12. The first-order valence-electron chi connectivity index (χ1n) is 7.68. The van der Waals surface area contributed by atoms with Crippen LogP contribution in [0.15, 0.2) is 30.5 Å². The summed E-state index contributed by atoms with van der Waals surface area (Å²) in [5, 5.41) is 12.1. The van der Waals surface area contributed by atoms with Crippen LogP contribution >= 0.6 is 11.6 Å². The Morgan fingerprint density at radius 3 is 2.75 bits per heavy atom. The summed E-state index contributed by atoms with van der Waals surface area (Å²) in [7, 11) is 0. The normalized spacial score (nSPS) is 14.0. The van der Waals surface area contributed by atoms with Gasteiger partial charge in [-0.25, -0.2) is 4.79 Å². The lowest BCUT2D eigenvalue weighted by atomic mass is 9.86. The zero-order valence-corrected chi connectivity index (χ0v) is 13.6. The van der Waals surface area contributed by atoms with Crippen LogP contribution in [0.4, 0.5) is 5.69 Å². The van der Waals surface area contributed by atoms with Gasteiger partial charge in [0.25, 0.3) is 5.91 Å². The second kappa shape index (κ2) is 6.97. The van der Waals surface area contributed by atoms with Crippen molar-refractivity contribution in [3.63, 3.8) is 0 Å². The highest BCUT2D eigenvalue weighted by Gasteiger charge is 2.19. The van der Waals surface area contributed by atoms with Crippen molar-refractivity contribution < 1.29 is 19.4 Å². The lowest BCUT2D eigenvalue weighted by Crippen LogP contribution is -2.20. The number of aromatic carboxylic acids is 1. The van der Waals surface area contributed by atoms with Crippen LogP contribution in [0.5, 0.6) is 5.75 Å². The minimum absolute atomic E-state index is 0.0484. The Morgan fingerprint density at radius 1 is 1.33 bits per heavy atom. The van der Waals surface area contributed by atoms with Crippen LogP contribution in [-0.4, -0.2) is 28.6 Å². The van der Waals surface area contributed by atoms with Crippen molar-refractivity contribution in [3.8, 4) is 5.75 Å². The predicted molar refractivity (Wildman–Crippen MR) is 90.0 cm³/mol. The monoisotopic (exact) mass is 348 g/mol. The molecule has 6 nitrogen and oxygen atoms in total. The first kappa shape index (κ1) is 16.4. The van der Waals surface area contributed by atoms with E-state index < -0.39 is 11.9 Å². The maximum absolute atomic E-state index is 12.3. The number of hydrogen-bond acceptors (Lipinski definition) is 3. The maximum atomic E-state index is 12.3. The summed E-state index contributed by atoms with van der Waals surface area (Å²) in [4.78, 5) is 25.7. The van der Waals surface area contributed by atoms with Gasteiger partial charge < -0.3 is 20.1 Å². The summed E-state index contributed by atoms with van der Waals surface area (Å²) in [6, 6.07) is 6.31. The van der Waals surface area contributed by atoms with E-state index in [-0.39, 0.29) is 11.3 Å². The number of nitrogens with one attached hydrogen (secondary N) is 2. The SMILES string of the molecule is O=C(Nc1cc(Cl)ccc1OCC1CCC1)c1c[nH]c(C(=O)O)c1. The highest BCUT2D eigenvalue weighted by atomic mass is 35.5. The summed E-state index contributed by atoms with van der Waals surface area (Å²) >= 11 is 6.00. The number of halogens is 1. The Labute approximate surface area is 143 Å². The Kier molecular flexibility index (Phi) is 4.76. The number of carboxylic acids is 1. The molecule has 0 bridgehead atoms. The molecule has 126 valence electrons. The van der Waals surface area contributed by atoms with Gasteiger partial charge in [-0.3, -0.25) is 4.79 Å². The fourth-order valence-corrected chi connectivity index (χ4v) is 2.61. The summed E-state index contributed by atoms with van der Waals surface area (Å²) in [6.45, 7) is 0.609. The molecule has 1 fully saturated rings. The van der Waals surface area contributed by atoms with E-state index in [1.165, 1.54) is 18.7 Å². The van der Waals surface area contributed by atoms with Crippen LogP contribution in [0.2, 0.25) is 5.02 Å². The number of carboxylic acid groups (broad SMARTS) is 1. The second-order valence-corrected chi connectivity index (χ2v) is 6.25. The standard InChI is InChI=1S/C17H17ClN2O4/c18-12-4-5-15(24-9-10-2-1-3-10)13(7-12)20-16(21)11-6-14(17(22)23)19-8-11/h4-8,10,19H,1-3,9H2,(H,20,21)(H,22,23). The van der Waals surface area contributed by atoms with E-state index in [9.17, 15) is 9.59 Å². The van der Waals surface area contributed by atoms with E-state index in [4.69, 9.17) is 21.4 Å². The van der Waals surface area contributed by atoms with Gasteiger partial charge in [0.1, 0.15) is 11.4 Å². The largest absolute Gasteiger partial charge is 0.491 e. The Bertz CT molecular complexity index is 768. The molecule has 24 heavy (non-hydrogen) atoms. The molecule has 1 aliphatic rings. The summed E-state index contributed by atoms with van der Waals surface area (Å²) in [5.74, 6) is -0.448. The molecular formula is C17H17ClN2O4. The van der Waals surface area contributed by atoms with Crippen molar-refractivity contribution in [2.45, 2.75) is 19.3 Å². The van der Waals surface area contributed by atoms with E-state index in [0.717, 1.165) is 12.8 Å².